The summed E-state index contributed by atoms with van der Waals surface area (Å²) in [5, 5.41) is 9.79. The van der Waals surface area contributed by atoms with Crippen LogP contribution < -0.4 is 0 Å². The average Bonchev–Trinajstić information content (AvgIpc) is 2.61. The summed E-state index contributed by atoms with van der Waals surface area (Å²) < 4.78 is 4.55. The number of methoxy groups -OCH3 is 1. The van der Waals surface area contributed by atoms with Crippen LogP contribution in [-0.2, 0) is 22.4 Å². The number of hydrogen-bond acceptors (Lipinski definition) is 3. The molecule has 17 heavy (non-hydrogen) atoms. The van der Waals surface area contributed by atoms with Crippen molar-refractivity contribution in [3.05, 3.63) is 34.9 Å². The fourth-order valence-electron chi connectivity index (χ4n) is 2.35. The van der Waals surface area contributed by atoms with Crippen molar-refractivity contribution in [3.63, 3.8) is 0 Å². The molecule has 1 N–H and O–H groups in total. The first kappa shape index (κ1) is 12.1. The van der Waals surface area contributed by atoms with Crippen molar-refractivity contribution in [2.45, 2.75) is 38.2 Å². The molecule has 3 nitrogen and oxygen atoms in total. The Kier molecular flexibility index (Phi) is 3.79. The summed E-state index contributed by atoms with van der Waals surface area (Å²) in [6, 6.07) is 5.80. The van der Waals surface area contributed by atoms with Gasteiger partial charge in [-0.2, -0.15) is 0 Å². The third kappa shape index (κ3) is 2.67. The molecule has 1 atom stereocenters. The number of aryl methyl sites for hydroxylation is 2. The first-order valence-corrected chi connectivity index (χ1v) is 6.10. The predicted molar refractivity (Wildman–Crippen MR) is 64.7 cm³/mol. The van der Waals surface area contributed by atoms with E-state index in [9.17, 15) is 9.90 Å². The van der Waals surface area contributed by atoms with E-state index in [1.807, 2.05) is 18.2 Å². The quantitative estimate of drug-likeness (QED) is 0.630. The SMILES string of the molecule is COC(=O)C(O)c1ccc2c(c1)CCCCC2. The van der Waals surface area contributed by atoms with Gasteiger partial charge in [0.25, 0.3) is 0 Å². The Morgan fingerprint density at radius 1 is 1.24 bits per heavy atom. The lowest BCUT2D eigenvalue weighted by Crippen LogP contribution is -2.13. The second-order valence-electron chi connectivity index (χ2n) is 4.51. The predicted octanol–water partition coefficient (Wildman–Crippen LogP) is 2.16. The van der Waals surface area contributed by atoms with Gasteiger partial charge in [-0.1, -0.05) is 24.6 Å². The van der Waals surface area contributed by atoms with Gasteiger partial charge in [0.05, 0.1) is 7.11 Å². The van der Waals surface area contributed by atoms with Gasteiger partial charge in [-0.05, 0) is 42.4 Å². The Hall–Kier alpha value is -1.35. The van der Waals surface area contributed by atoms with Gasteiger partial charge in [-0.25, -0.2) is 4.79 Å². The van der Waals surface area contributed by atoms with E-state index < -0.39 is 12.1 Å². The van der Waals surface area contributed by atoms with Crippen LogP contribution in [0.3, 0.4) is 0 Å². The van der Waals surface area contributed by atoms with Crippen molar-refractivity contribution >= 4 is 5.97 Å². The minimum absolute atomic E-state index is 0.599. The normalized spacial score (nSPS) is 16.8. The molecule has 0 amide bonds. The van der Waals surface area contributed by atoms with Gasteiger partial charge in [-0.3, -0.25) is 0 Å². The van der Waals surface area contributed by atoms with Crippen LogP contribution in [0.15, 0.2) is 18.2 Å². The molecule has 2 rings (SSSR count). The molecule has 0 aromatic heterocycles. The number of esters is 1. The van der Waals surface area contributed by atoms with E-state index in [1.54, 1.807) is 0 Å². The van der Waals surface area contributed by atoms with Crippen LogP contribution in [0.25, 0.3) is 0 Å². The molecule has 0 saturated heterocycles. The van der Waals surface area contributed by atoms with Gasteiger partial charge in [0.2, 0.25) is 0 Å². The van der Waals surface area contributed by atoms with Gasteiger partial charge in [0, 0.05) is 0 Å². The van der Waals surface area contributed by atoms with E-state index in [4.69, 9.17) is 0 Å². The molecule has 1 aromatic rings. The zero-order chi connectivity index (χ0) is 12.3. The van der Waals surface area contributed by atoms with E-state index >= 15 is 0 Å². The second kappa shape index (κ2) is 5.32. The van der Waals surface area contributed by atoms with Gasteiger partial charge in [-0.15, -0.1) is 0 Å². The number of carbonyl (C=O) groups is 1. The molecule has 0 fully saturated rings. The van der Waals surface area contributed by atoms with Crippen molar-refractivity contribution in [2.24, 2.45) is 0 Å². The lowest BCUT2D eigenvalue weighted by molar-refractivity contribution is -0.150. The topological polar surface area (TPSA) is 46.5 Å². The zero-order valence-electron chi connectivity index (χ0n) is 10.1. The van der Waals surface area contributed by atoms with E-state index in [-0.39, 0.29) is 0 Å². The molecule has 0 radical (unpaired) electrons. The number of fused-ring (bicyclic) bond motifs is 1. The van der Waals surface area contributed by atoms with Gasteiger partial charge in [0.1, 0.15) is 0 Å². The number of benzene rings is 1. The second-order valence-corrected chi connectivity index (χ2v) is 4.51. The Morgan fingerprint density at radius 3 is 2.65 bits per heavy atom. The summed E-state index contributed by atoms with van der Waals surface area (Å²) in [7, 11) is 1.29. The summed E-state index contributed by atoms with van der Waals surface area (Å²) in [6.45, 7) is 0. The highest BCUT2D eigenvalue weighted by Crippen LogP contribution is 2.24. The van der Waals surface area contributed by atoms with Gasteiger partial charge in [0.15, 0.2) is 6.10 Å². The lowest BCUT2D eigenvalue weighted by atomic mass is 9.98. The van der Waals surface area contributed by atoms with E-state index in [2.05, 4.69) is 4.74 Å². The molecular weight excluding hydrogens is 216 g/mol. The van der Waals surface area contributed by atoms with Crippen molar-refractivity contribution in [3.8, 4) is 0 Å². The highest BCUT2D eigenvalue weighted by molar-refractivity contribution is 5.76. The molecule has 0 saturated carbocycles. The Morgan fingerprint density at radius 2 is 1.94 bits per heavy atom. The summed E-state index contributed by atoms with van der Waals surface area (Å²) in [5.74, 6) is -0.599. The van der Waals surface area contributed by atoms with Gasteiger partial charge < -0.3 is 9.84 Å². The molecule has 1 unspecified atom stereocenters. The van der Waals surface area contributed by atoms with E-state index in [0.717, 1.165) is 12.8 Å². The van der Waals surface area contributed by atoms with Crippen molar-refractivity contribution < 1.29 is 14.6 Å². The summed E-state index contributed by atoms with van der Waals surface area (Å²) in [4.78, 5) is 11.3. The van der Waals surface area contributed by atoms with E-state index in [0.29, 0.717) is 5.56 Å². The maximum atomic E-state index is 11.3. The maximum Gasteiger partial charge on any atom is 0.339 e. The minimum Gasteiger partial charge on any atom is -0.467 e. The molecule has 1 aliphatic carbocycles. The fraction of sp³-hybridized carbons (Fsp3) is 0.500. The van der Waals surface area contributed by atoms with Crippen LogP contribution in [0.2, 0.25) is 0 Å². The standard InChI is InChI=1S/C14H18O3/c1-17-14(16)13(15)12-8-7-10-5-3-2-4-6-11(10)9-12/h7-9,13,15H,2-6H2,1H3. The Labute approximate surface area is 101 Å². The molecule has 92 valence electrons. The molecule has 0 spiro atoms. The highest BCUT2D eigenvalue weighted by Gasteiger charge is 2.19. The summed E-state index contributed by atoms with van der Waals surface area (Å²) in [5.41, 5.74) is 3.25. The first-order valence-electron chi connectivity index (χ1n) is 6.10. The smallest absolute Gasteiger partial charge is 0.339 e. The molecule has 1 aromatic carbocycles. The van der Waals surface area contributed by atoms with Crippen LogP contribution in [0.1, 0.15) is 42.1 Å². The van der Waals surface area contributed by atoms with Crippen molar-refractivity contribution in [2.75, 3.05) is 7.11 Å². The van der Waals surface area contributed by atoms with Crippen LogP contribution in [-0.4, -0.2) is 18.2 Å². The number of hydrogen-bond donors (Lipinski definition) is 1. The average molecular weight is 234 g/mol. The molecular formula is C14H18O3. The molecule has 0 aliphatic heterocycles. The zero-order valence-corrected chi connectivity index (χ0v) is 10.1. The summed E-state index contributed by atoms with van der Waals surface area (Å²) >= 11 is 0. The lowest BCUT2D eigenvalue weighted by Gasteiger charge is -2.12. The number of rotatable bonds is 2. The first-order chi connectivity index (χ1) is 8.22. The third-order valence-electron chi connectivity index (χ3n) is 3.36. The van der Waals surface area contributed by atoms with Crippen LogP contribution in [0.5, 0.6) is 0 Å². The molecule has 3 heteroatoms. The third-order valence-corrected chi connectivity index (χ3v) is 3.36. The molecule has 0 heterocycles. The summed E-state index contributed by atoms with van der Waals surface area (Å²) in [6.07, 6.45) is 4.65. The minimum atomic E-state index is -1.16. The number of aliphatic hydroxyl groups is 1. The van der Waals surface area contributed by atoms with Crippen molar-refractivity contribution in [1.29, 1.82) is 0 Å². The Bertz CT molecular complexity index is 412. The number of ether oxygens (including phenoxy) is 1. The van der Waals surface area contributed by atoms with E-state index in [1.165, 1.54) is 37.5 Å². The molecule has 1 aliphatic rings. The maximum absolute atomic E-state index is 11.3. The number of aliphatic hydroxyl groups excluding tert-OH is 1. The van der Waals surface area contributed by atoms with Crippen LogP contribution in [0.4, 0.5) is 0 Å². The van der Waals surface area contributed by atoms with Crippen LogP contribution in [0, 0.1) is 0 Å². The van der Waals surface area contributed by atoms with Gasteiger partial charge >= 0.3 is 5.97 Å². The largest absolute Gasteiger partial charge is 0.467 e. The Balaban J connectivity index is 2.26. The molecule has 0 bridgehead atoms. The highest BCUT2D eigenvalue weighted by atomic mass is 16.5. The number of carbonyl (C=O) groups excluding carboxylic acids is 1. The van der Waals surface area contributed by atoms with Crippen LogP contribution >= 0.6 is 0 Å². The monoisotopic (exact) mass is 234 g/mol. The van der Waals surface area contributed by atoms with Crippen molar-refractivity contribution in [1.82, 2.24) is 0 Å². The fourth-order valence-corrected chi connectivity index (χ4v) is 2.35.